The fourth-order valence-corrected chi connectivity index (χ4v) is 5.13. The van der Waals surface area contributed by atoms with Crippen LogP contribution in [0.1, 0.15) is 53.7 Å². The number of alkyl halides is 1. The lowest BCUT2D eigenvalue weighted by Gasteiger charge is -2.34. The van der Waals surface area contributed by atoms with Gasteiger partial charge in [0.1, 0.15) is 0 Å². The Hall–Kier alpha value is -2.08. The highest BCUT2D eigenvalue weighted by Gasteiger charge is 2.39. The maximum absolute atomic E-state index is 13.7. The average Bonchev–Trinajstić information content (AvgIpc) is 3.30. The van der Waals surface area contributed by atoms with Crippen LogP contribution in [0.2, 0.25) is 0 Å². The van der Waals surface area contributed by atoms with Crippen LogP contribution in [0.4, 0.5) is 0 Å². The Morgan fingerprint density at radius 1 is 1.21 bits per heavy atom. The summed E-state index contributed by atoms with van der Waals surface area (Å²) in [5.74, 6) is 0.202. The Kier molecular flexibility index (Phi) is 5.20. The van der Waals surface area contributed by atoms with E-state index < -0.39 is 0 Å². The van der Waals surface area contributed by atoms with Gasteiger partial charge in [-0.1, -0.05) is 22.0 Å². The second-order valence-corrected chi connectivity index (χ2v) is 9.15. The molecule has 152 valence electrons. The van der Waals surface area contributed by atoms with Gasteiger partial charge in [0, 0.05) is 52.3 Å². The number of aromatic nitrogens is 3. The predicted octanol–water partition coefficient (Wildman–Crippen LogP) is 4.70. The lowest BCUT2D eigenvalue weighted by Crippen LogP contribution is -2.44. The molecule has 1 saturated carbocycles. The second-order valence-electron chi connectivity index (χ2n) is 8.36. The number of hydrogen-bond acceptors (Lipinski definition) is 2. The molecule has 2 heterocycles. The third kappa shape index (κ3) is 3.63. The summed E-state index contributed by atoms with van der Waals surface area (Å²) in [6, 6.07) is 8.98. The number of benzene rings is 1. The predicted molar refractivity (Wildman–Crippen MR) is 119 cm³/mol. The van der Waals surface area contributed by atoms with E-state index in [1.807, 2.05) is 18.3 Å². The number of carbonyl (C=O) groups is 1. The minimum Gasteiger partial charge on any atom is -0.347 e. The van der Waals surface area contributed by atoms with Gasteiger partial charge in [-0.05, 0) is 68.7 Å². The molecule has 2 aliphatic carbocycles. The van der Waals surface area contributed by atoms with Gasteiger partial charge in [0.2, 0.25) is 0 Å². The van der Waals surface area contributed by atoms with Crippen molar-refractivity contribution >= 4 is 32.7 Å². The molecule has 1 aromatic carbocycles. The molecule has 1 fully saturated rings. The van der Waals surface area contributed by atoms with E-state index in [2.05, 4.69) is 53.9 Å². The van der Waals surface area contributed by atoms with E-state index >= 15 is 0 Å². The number of nitrogens with one attached hydrogen (secondary N) is 1. The van der Waals surface area contributed by atoms with Gasteiger partial charge in [-0.2, -0.15) is 5.10 Å². The molecule has 0 bridgehead atoms. The van der Waals surface area contributed by atoms with Crippen molar-refractivity contribution in [2.24, 2.45) is 0 Å². The van der Waals surface area contributed by atoms with Gasteiger partial charge in [-0.15, -0.1) is 0 Å². The standard InChI is InChI=1S/C23H27BrN4O/c24-11-1-2-12-27-13-10-19-20(4-3-5-22(19)27)23(29)28(17-6-7-17)18-8-9-21-16(14-18)15-25-26-21/h3-5,10,13,15,17-18H,1-2,6-9,11-12,14H2,(H,25,26). The molecule has 29 heavy (non-hydrogen) atoms. The zero-order valence-electron chi connectivity index (χ0n) is 16.6. The number of rotatable bonds is 7. The summed E-state index contributed by atoms with van der Waals surface area (Å²) >= 11 is 3.51. The van der Waals surface area contributed by atoms with E-state index in [-0.39, 0.29) is 11.9 Å². The SMILES string of the molecule is O=C(c1cccc2c1ccn2CCCCBr)N(C1CC1)C1CCc2[nH]ncc2C1. The molecule has 1 atom stereocenters. The Bertz CT molecular complexity index is 1020. The molecule has 3 aromatic rings. The zero-order chi connectivity index (χ0) is 19.8. The maximum Gasteiger partial charge on any atom is 0.255 e. The van der Waals surface area contributed by atoms with Crippen molar-refractivity contribution in [2.45, 2.75) is 63.6 Å². The second kappa shape index (κ2) is 7.98. The highest BCUT2D eigenvalue weighted by molar-refractivity contribution is 9.09. The minimum atomic E-state index is 0.202. The lowest BCUT2D eigenvalue weighted by molar-refractivity contribution is 0.0645. The van der Waals surface area contributed by atoms with E-state index in [0.29, 0.717) is 6.04 Å². The van der Waals surface area contributed by atoms with Crippen molar-refractivity contribution < 1.29 is 4.79 Å². The number of hydrogen-bond donors (Lipinski definition) is 1. The number of nitrogens with zero attached hydrogens (tertiary/aromatic N) is 3. The van der Waals surface area contributed by atoms with Crippen molar-refractivity contribution in [3.8, 4) is 0 Å². The molecule has 1 amide bonds. The molecule has 1 unspecified atom stereocenters. The normalized spacial score (nSPS) is 18.7. The Morgan fingerprint density at radius 2 is 2.10 bits per heavy atom. The molecule has 0 radical (unpaired) electrons. The summed E-state index contributed by atoms with van der Waals surface area (Å²) in [5.41, 5.74) is 4.54. The highest BCUT2D eigenvalue weighted by atomic mass is 79.9. The van der Waals surface area contributed by atoms with Gasteiger partial charge in [0.15, 0.2) is 0 Å². The highest BCUT2D eigenvalue weighted by Crippen LogP contribution is 2.35. The number of carbonyl (C=O) groups excluding carboxylic acids is 1. The monoisotopic (exact) mass is 454 g/mol. The molecule has 2 aliphatic rings. The molecular weight excluding hydrogens is 428 g/mol. The van der Waals surface area contributed by atoms with Gasteiger partial charge in [0.25, 0.3) is 5.91 Å². The molecule has 0 saturated heterocycles. The van der Waals surface area contributed by atoms with Crippen LogP contribution < -0.4 is 0 Å². The summed E-state index contributed by atoms with van der Waals surface area (Å²) in [6.07, 6.45) is 11.5. The number of aromatic amines is 1. The van der Waals surface area contributed by atoms with Gasteiger partial charge < -0.3 is 9.47 Å². The maximum atomic E-state index is 13.7. The van der Waals surface area contributed by atoms with Crippen LogP contribution in [0.3, 0.4) is 0 Å². The van der Waals surface area contributed by atoms with E-state index in [0.717, 1.165) is 67.8 Å². The molecule has 1 N–H and O–H groups in total. The largest absolute Gasteiger partial charge is 0.347 e. The topological polar surface area (TPSA) is 53.9 Å². The van der Waals surface area contributed by atoms with Crippen LogP contribution in [0.25, 0.3) is 10.9 Å². The van der Waals surface area contributed by atoms with Gasteiger partial charge in [-0.3, -0.25) is 9.89 Å². The number of amides is 1. The fourth-order valence-electron chi connectivity index (χ4n) is 4.74. The van der Waals surface area contributed by atoms with Gasteiger partial charge in [0.05, 0.1) is 6.20 Å². The number of fused-ring (bicyclic) bond motifs is 2. The van der Waals surface area contributed by atoms with E-state index in [9.17, 15) is 4.79 Å². The molecule has 2 aromatic heterocycles. The van der Waals surface area contributed by atoms with Gasteiger partial charge >= 0.3 is 0 Å². The Labute approximate surface area is 179 Å². The zero-order valence-corrected chi connectivity index (χ0v) is 18.2. The Morgan fingerprint density at radius 3 is 2.93 bits per heavy atom. The summed E-state index contributed by atoms with van der Waals surface area (Å²) in [4.78, 5) is 15.9. The van der Waals surface area contributed by atoms with Crippen LogP contribution in [0, 0.1) is 0 Å². The van der Waals surface area contributed by atoms with Crippen LogP contribution >= 0.6 is 15.9 Å². The van der Waals surface area contributed by atoms with Crippen molar-refractivity contribution in [1.82, 2.24) is 19.7 Å². The molecule has 6 heteroatoms. The molecule has 0 aliphatic heterocycles. The smallest absolute Gasteiger partial charge is 0.255 e. The molecule has 5 rings (SSSR count). The number of unbranched alkanes of at least 4 members (excludes halogenated alkanes) is 1. The summed E-state index contributed by atoms with van der Waals surface area (Å²) < 4.78 is 2.29. The van der Waals surface area contributed by atoms with Gasteiger partial charge in [-0.25, -0.2) is 0 Å². The Balaban J connectivity index is 1.43. The van der Waals surface area contributed by atoms with Crippen molar-refractivity contribution in [2.75, 3.05) is 5.33 Å². The summed E-state index contributed by atoms with van der Waals surface area (Å²) in [6.45, 7) is 0.991. The first-order chi connectivity index (χ1) is 14.3. The van der Waals surface area contributed by atoms with Crippen molar-refractivity contribution in [3.05, 3.63) is 53.5 Å². The van der Waals surface area contributed by atoms with E-state index in [1.165, 1.54) is 16.8 Å². The fraction of sp³-hybridized carbons (Fsp3) is 0.478. The number of H-pyrrole nitrogens is 1. The van der Waals surface area contributed by atoms with E-state index in [1.54, 1.807) is 0 Å². The molecule has 5 nitrogen and oxygen atoms in total. The van der Waals surface area contributed by atoms with E-state index in [4.69, 9.17) is 0 Å². The quantitative estimate of drug-likeness (QED) is 0.415. The average molecular weight is 455 g/mol. The first-order valence-corrected chi connectivity index (χ1v) is 11.9. The lowest BCUT2D eigenvalue weighted by atomic mass is 9.91. The summed E-state index contributed by atoms with van der Waals surface area (Å²) in [5, 5.41) is 9.43. The van der Waals surface area contributed by atoms with Crippen LogP contribution in [0.15, 0.2) is 36.7 Å². The third-order valence-electron chi connectivity index (χ3n) is 6.39. The van der Waals surface area contributed by atoms with Crippen molar-refractivity contribution in [3.63, 3.8) is 0 Å². The number of aryl methyl sites for hydroxylation is 2. The van der Waals surface area contributed by atoms with Crippen LogP contribution in [-0.4, -0.2) is 43.0 Å². The minimum absolute atomic E-state index is 0.202. The summed E-state index contributed by atoms with van der Waals surface area (Å²) in [7, 11) is 0. The van der Waals surface area contributed by atoms with Crippen LogP contribution in [-0.2, 0) is 19.4 Å². The first-order valence-electron chi connectivity index (χ1n) is 10.7. The van der Waals surface area contributed by atoms with Crippen LogP contribution in [0.5, 0.6) is 0 Å². The number of halogens is 1. The van der Waals surface area contributed by atoms with Crippen molar-refractivity contribution in [1.29, 1.82) is 0 Å². The molecule has 0 spiro atoms. The third-order valence-corrected chi connectivity index (χ3v) is 6.95. The molecular formula is C23H27BrN4O. The first kappa shape index (κ1) is 18.9.